The van der Waals surface area contributed by atoms with Gasteiger partial charge in [0, 0.05) is 25.3 Å². The number of carbonyl (C=O) groups is 1. The Morgan fingerprint density at radius 2 is 1.80 bits per heavy atom. The summed E-state index contributed by atoms with van der Waals surface area (Å²) in [6.45, 7) is 4.35. The van der Waals surface area contributed by atoms with E-state index in [1.807, 2.05) is 30.3 Å². The summed E-state index contributed by atoms with van der Waals surface area (Å²) < 4.78 is 40.0. The summed E-state index contributed by atoms with van der Waals surface area (Å²) in [5.41, 5.74) is 1.35. The molecule has 1 aromatic heterocycles. The number of ether oxygens (including phenoxy) is 2. The molecule has 186 valence electrons. The molecule has 0 atom stereocenters. The van der Waals surface area contributed by atoms with Crippen LogP contribution >= 0.6 is 0 Å². The standard InChI is InChI=1S/C24H29N5O5S/c1-33-22-18-29(20-6-3-2-4-7-20)27-23(22)24(30)26-19-8-10-21(11-9-19)35(31,32)25-12-5-13-28-14-16-34-17-15-28/h2-4,6-11,18,25H,5,12-17H2,1H3,(H,26,30). The molecule has 2 N–H and O–H groups in total. The third-order valence-electron chi connectivity index (χ3n) is 5.61. The zero-order valence-corrected chi connectivity index (χ0v) is 20.3. The van der Waals surface area contributed by atoms with Gasteiger partial charge in [-0.2, -0.15) is 5.10 Å². The molecule has 1 amide bonds. The van der Waals surface area contributed by atoms with E-state index in [0.717, 1.165) is 38.5 Å². The van der Waals surface area contributed by atoms with Gasteiger partial charge in [-0.1, -0.05) is 18.2 Å². The van der Waals surface area contributed by atoms with Crippen molar-refractivity contribution < 1.29 is 22.7 Å². The van der Waals surface area contributed by atoms with Crippen LogP contribution in [0.2, 0.25) is 0 Å². The zero-order valence-electron chi connectivity index (χ0n) is 19.5. The number of aromatic nitrogens is 2. The maximum absolute atomic E-state index is 12.8. The van der Waals surface area contributed by atoms with Crippen LogP contribution < -0.4 is 14.8 Å². The minimum absolute atomic E-state index is 0.120. The maximum atomic E-state index is 12.8. The Labute approximate surface area is 204 Å². The fraction of sp³-hybridized carbons (Fsp3) is 0.333. The lowest BCUT2D eigenvalue weighted by atomic mass is 10.3. The Morgan fingerprint density at radius 3 is 2.49 bits per heavy atom. The molecule has 1 aliphatic heterocycles. The normalized spacial score (nSPS) is 14.5. The summed E-state index contributed by atoms with van der Waals surface area (Å²) >= 11 is 0. The lowest BCUT2D eigenvalue weighted by Crippen LogP contribution is -2.38. The number of sulfonamides is 1. The summed E-state index contributed by atoms with van der Waals surface area (Å²) in [5, 5.41) is 7.08. The van der Waals surface area contributed by atoms with Gasteiger partial charge in [0.25, 0.3) is 5.91 Å². The zero-order chi connectivity index (χ0) is 24.7. The SMILES string of the molecule is COc1cn(-c2ccccc2)nc1C(=O)Nc1ccc(S(=O)(=O)NCCCN2CCOCC2)cc1. The molecule has 4 rings (SSSR count). The third kappa shape index (κ3) is 6.45. The molecule has 1 aliphatic rings. The lowest BCUT2D eigenvalue weighted by molar-refractivity contribution is 0.0376. The van der Waals surface area contributed by atoms with Crippen molar-refractivity contribution in [3.8, 4) is 11.4 Å². The molecule has 0 saturated carbocycles. The van der Waals surface area contributed by atoms with Gasteiger partial charge in [-0.05, 0) is 49.4 Å². The molecule has 0 bridgehead atoms. The number of morpholine rings is 1. The summed E-state index contributed by atoms with van der Waals surface area (Å²) in [6, 6.07) is 15.4. The number of para-hydroxylation sites is 1. The van der Waals surface area contributed by atoms with E-state index in [4.69, 9.17) is 9.47 Å². The number of rotatable bonds is 10. The monoisotopic (exact) mass is 499 g/mol. The number of methoxy groups -OCH3 is 1. The van der Waals surface area contributed by atoms with E-state index in [9.17, 15) is 13.2 Å². The molecule has 1 saturated heterocycles. The van der Waals surface area contributed by atoms with Crippen LogP contribution in [0.1, 0.15) is 16.9 Å². The molecule has 3 aromatic rings. The first-order chi connectivity index (χ1) is 17.0. The Kier molecular flexibility index (Phi) is 8.13. The van der Waals surface area contributed by atoms with Crippen LogP contribution in [0.4, 0.5) is 5.69 Å². The number of anilines is 1. The predicted octanol–water partition coefficient (Wildman–Crippen LogP) is 2.13. The summed E-state index contributed by atoms with van der Waals surface area (Å²) in [6.07, 6.45) is 2.34. The van der Waals surface area contributed by atoms with Crippen molar-refractivity contribution in [2.45, 2.75) is 11.3 Å². The Balaban J connectivity index is 1.34. The van der Waals surface area contributed by atoms with Crippen LogP contribution in [0.25, 0.3) is 5.69 Å². The van der Waals surface area contributed by atoms with Crippen molar-refractivity contribution in [1.29, 1.82) is 0 Å². The number of nitrogens with zero attached hydrogens (tertiary/aromatic N) is 3. The third-order valence-corrected chi connectivity index (χ3v) is 7.08. The van der Waals surface area contributed by atoms with E-state index in [2.05, 4.69) is 20.0 Å². The number of nitrogens with one attached hydrogen (secondary N) is 2. The molecular weight excluding hydrogens is 470 g/mol. The number of hydrogen-bond acceptors (Lipinski definition) is 7. The van der Waals surface area contributed by atoms with Gasteiger partial charge >= 0.3 is 0 Å². The molecule has 2 aromatic carbocycles. The van der Waals surface area contributed by atoms with E-state index in [1.165, 1.54) is 19.2 Å². The van der Waals surface area contributed by atoms with Crippen molar-refractivity contribution in [3.63, 3.8) is 0 Å². The van der Waals surface area contributed by atoms with Crippen LogP contribution in [0, 0.1) is 0 Å². The van der Waals surface area contributed by atoms with Crippen molar-refractivity contribution in [1.82, 2.24) is 19.4 Å². The molecule has 1 fully saturated rings. The van der Waals surface area contributed by atoms with Gasteiger partial charge in [0.2, 0.25) is 10.0 Å². The van der Waals surface area contributed by atoms with Crippen LogP contribution in [-0.4, -0.2) is 75.5 Å². The summed E-state index contributed by atoms with van der Waals surface area (Å²) in [4.78, 5) is 15.2. The highest BCUT2D eigenvalue weighted by Crippen LogP contribution is 2.21. The summed E-state index contributed by atoms with van der Waals surface area (Å²) in [5.74, 6) is -0.139. The number of amides is 1. The van der Waals surface area contributed by atoms with E-state index in [-0.39, 0.29) is 10.6 Å². The number of hydrogen-bond donors (Lipinski definition) is 2. The predicted molar refractivity (Wildman–Crippen MR) is 132 cm³/mol. The maximum Gasteiger partial charge on any atom is 0.280 e. The van der Waals surface area contributed by atoms with Crippen molar-refractivity contribution in [3.05, 3.63) is 66.5 Å². The first kappa shape index (κ1) is 24.9. The molecule has 35 heavy (non-hydrogen) atoms. The molecule has 10 nitrogen and oxygen atoms in total. The molecular formula is C24H29N5O5S. The smallest absolute Gasteiger partial charge is 0.280 e. The molecule has 0 radical (unpaired) electrons. The molecule has 2 heterocycles. The van der Waals surface area contributed by atoms with E-state index >= 15 is 0 Å². The van der Waals surface area contributed by atoms with Crippen LogP contribution in [0.3, 0.4) is 0 Å². The highest BCUT2D eigenvalue weighted by molar-refractivity contribution is 7.89. The van der Waals surface area contributed by atoms with Crippen LogP contribution in [0.15, 0.2) is 65.7 Å². The summed E-state index contributed by atoms with van der Waals surface area (Å²) in [7, 11) is -2.17. The fourth-order valence-corrected chi connectivity index (χ4v) is 4.78. The van der Waals surface area contributed by atoms with E-state index < -0.39 is 15.9 Å². The van der Waals surface area contributed by atoms with Crippen molar-refractivity contribution in [2.75, 3.05) is 51.8 Å². The van der Waals surface area contributed by atoms with Crippen molar-refractivity contribution >= 4 is 21.6 Å². The van der Waals surface area contributed by atoms with Gasteiger partial charge in [0.15, 0.2) is 11.4 Å². The highest BCUT2D eigenvalue weighted by Gasteiger charge is 2.19. The first-order valence-corrected chi connectivity index (χ1v) is 12.8. The Morgan fingerprint density at radius 1 is 1.09 bits per heavy atom. The van der Waals surface area contributed by atoms with Crippen molar-refractivity contribution in [2.24, 2.45) is 0 Å². The molecule has 0 spiro atoms. The fourth-order valence-electron chi connectivity index (χ4n) is 3.70. The van der Waals surface area contributed by atoms with Gasteiger partial charge in [-0.3, -0.25) is 9.69 Å². The second kappa shape index (κ2) is 11.5. The average Bonchev–Trinajstić information content (AvgIpc) is 3.33. The minimum Gasteiger partial charge on any atom is -0.493 e. The van der Waals surface area contributed by atoms with Gasteiger partial charge < -0.3 is 14.8 Å². The second-order valence-electron chi connectivity index (χ2n) is 8.01. The number of carbonyl (C=O) groups excluding carboxylic acids is 1. The largest absolute Gasteiger partial charge is 0.493 e. The molecule has 11 heteroatoms. The van der Waals surface area contributed by atoms with Gasteiger partial charge in [-0.25, -0.2) is 17.8 Å². The highest BCUT2D eigenvalue weighted by atomic mass is 32.2. The topological polar surface area (TPSA) is 115 Å². The van der Waals surface area contributed by atoms with E-state index in [0.29, 0.717) is 24.4 Å². The number of benzene rings is 2. The lowest BCUT2D eigenvalue weighted by Gasteiger charge is -2.26. The van der Waals surface area contributed by atoms with Crippen LogP contribution in [0.5, 0.6) is 5.75 Å². The van der Waals surface area contributed by atoms with E-state index in [1.54, 1.807) is 23.0 Å². The Hall–Kier alpha value is -3.25. The second-order valence-corrected chi connectivity index (χ2v) is 9.78. The van der Waals surface area contributed by atoms with Gasteiger partial charge in [-0.15, -0.1) is 0 Å². The quantitative estimate of drug-likeness (QED) is 0.411. The van der Waals surface area contributed by atoms with Gasteiger partial charge in [0.05, 0.1) is 37.1 Å². The molecule has 0 aliphatic carbocycles. The average molecular weight is 500 g/mol. The van der Waals surface area contributed by atoms with Gasteiger partial charge in [0.1, 0.15) is 0 Å². The minimum atomic E-state index is -3.64. The first-order valence-electron chi connectivity index (χ1n) is 11.4. The molecule has 0 unspecified atom stereocenters. The Bertz CT molecular complexity index is 1220. The van der Waals surface area contributed by atoms with Crippen LogP contribution in [-0.2, 0) is 14.8 Å².